The van der Waals surface area contributed by atoms with Crippen LogP contribution in [0.4, 0.5) is 11.6 Å². The van der Waals surface area contributed by atoms with E-state index in [-0.39, 0.29) is 5.91 Å². The molecule has 0 bridgehead atoms. The van der Waals surface area contributed by atoms with Crippen LogP contribution in [0.5, 0.6) is 0 Å². The Balaban J connectivity index is 2.82. The number of methoxy groups -OCH3 is 1. The number of carbonyl (C=O) groups excluding carboxylic acids is 1. The first-order valence-corrected chi connectivity index (χ1v) is 5.38. The first-order valence-electron chi connectivity index (χ1n) is 5.38. The molecule has 1 aromatic rings. The van der Waals surface area contributed by atoms with Gasteiger partial charge in [-0.05, 0) is 26.0 Å². The predicted octanol–water partition coefficient (Wildman–Crippen LogP) is 1.51. The maximum Gasteiger partial charge on any atom is 0.257 e. The number of amides is 1. The van der Waals surface area contributed by atoms with Gasteiger partial charge in [0.2, 0.25) is 0 Å². The van der Waals surface area contributed by atoms with E-state index in [0.29, 0.717) is 5.82 Å². The average molecular weight is 237 g/mol. The van der Waals surface area contributed by atoms with Crippen molar-refractivity contribution in [3.63, 3.8) is 0 Å². The van der Waals surface area contributed by atoms with Gasteiger partial charge in [-0.3, -0.25) is 4.79 Å². The number of hydrogen-bond acceptors (Lipinski definition) is 4. The molecule has 5 nitrogen and oxygen atoms in total. The van der Waals surface area contributed by atoms with Crippen molar-refractivity contribution in [3.8, 4) is 0 Å². The Morgan fingerprint density at radius 1 is 1.41 bits per heavy atom. The molecule has 1 N–H and O–H groups in total. The number of rotatable bonds is 4. The molecule has 0 aromatic carbocycles. The van der Waals surface area contributed by atoms with Crippen LogP contribution >= 0.6 is 0 Å². The van der Waals surface area contributed by atoms with Crippen molar-refractivity contribution < 1.29 is 9.53 Å². The summed E-state index contributed by atoms with van der Waals surface area (Å²) in [6.07, 6.45) is 0. The van der Waals surface area contributed by atoms with Crippen LogP contribution in [0.1, 0.15) is 13.8 Å². The zero-order valence-electron chi connectivity index (χ0n) is 10.9. The molecule has 5 heteroatoms. The highest BCUT2D eigenvalue weighted by Gasteiger charge is 2.27. The van der Waals surface area contributed by atoms with E-state index < -0.39 is 5.60 Å². The number of carbonyl (C=O) groups is 1. The number of nitrogens with zero attached hydrogens (tertiary/aromatic N) is 2. The third-order valence-electron chi connectivity index (χ3n) is 2.49. The minimum Gasteiger partial charge on any atom is -0.369 e. The molecule has 1 heterocycles. The minimum absolute atomic E-state index is 0.219. The molecule has 1 aromatic heterocycles. The SMILES string of the molecule is COC(C)(C)C(=O)Nc1cccc(N(C)C)n1. The highest BCUT2D eigenvalue weighted by molar-refractivity contribution is 5.96. The first-order chi connectivity index (χ1) is 7.86. The summed E-state index contributed by atoms with van der Waals surface area (Å²) < 4.78 is 5.10. The van der Waals surface area contributed by atoms with Crippen molar-refractivity contribution in [1.29, 1.82) is 0 Å². The molecule has 0 radical (unpaired) electrons. The predicted molar refractivity (Wildman–Crippen MR) is 68.3 cm³/mol. The highest BCUT2D eigenvalue weighted by Crippen LogP contribution is 2.15. The lowest BCUT2D eigenvalue weighted by Gasteiger charge is -2.21. The normalized spacial score (nSPS) is 11.1. The molecule has 0 spiro atoms. The standard InChI is InChI=1S/C12H19N3O2/c1-12(2,17-5)11(16)14-9-7-6-8-10(13-9)15(3)4/h6-8H,1-5H3,(H,13,14,16). The van der Waals surface area contributed by atoms with E-state index in [9.17, 15) is 4.79 Å². The summed E-state index contributed by atoms with van der Waals surface area (Å²) in [5, 5.41) is 2.73. The molecule has 17 heavy (non-hydrogen) atoms. The van der Waals surface area contributed by atoms with E-state index >= 15 is 0 Å². The van der Waals surface area contributed by atoms with Crippen molar-refractivity contribution in [2.75, 3.05) is 31.4 Å². The van der Waals surface area contributed by atoms with Gasteiger partial charge in [0.05, 0.1) is 0 Å². The fourth-order valence-corrected chi connectivity index (χ4v) is 1.10. The second kappa shape index (κ2) is 5.14. The van der Waals surface area contributed by atoms with Crippen molar-refractivity contribution in [2.24, 2.45) is 0 Å². The number of hydrogen-bond donors (Lipinski definition) is 1. The molecule has 0 aliphatic heterocycles. The van der Waals surface area contributed by atoms with Crippen LogP contribution in [-0.2, 0) is 9.53 Å². The molecule has 0 aliphatic rings. The number of aromatic nitrogens is 1. The molecule has 0 fully saturated rings. The van der Waals surface area contributed by atoms with Gasteiger partial charge in [-0.1, -0.05) is 6.07 Å². The molecule has 0 saturated heterocycles. The van der Waals surface area contributed by atoms with E-state index in [1.165, 1.54) is 7.11 Å². The van der Waals surface area contributed by atoms with Gasteiger partial charge >= 0.3 is 0 Å². The zero-order chi connectivity index (χ0) is 13.1. The maximum atomic E-state index is 11.9. The van der Waals surface area contributed by atoms with Gasteiger partial charge < -0.3 is 15.0 Å². The quantitative estimate of drug-likeness (QED) is 0.862. The number of pyridine rings is 1. The largest absolute Gasteiger partial charge is 0.369 e. The molecule has 1 rings (SSSR count). The fraction of sp³-hybridized carbons (Fsp3) is 0.500. The van der Waals surface area contributed by atoms with Crippen molar-refractivity contribution in [3.05, 3.63) is 18.2 Å². The van der Waals surface area contributed by atoms with Crippen LogP contribution in [-0.4, -0.2) is 37.7 Å². The van der Waals surface area contributed by atoms with Crippen LogP contribution in [0.15, 0.2) is 18.2 Å². The fourth-order valence-electron chi connectivity index (χ4n) is 1.10. The Morgan fingerprint density at radius 3 is 2.59 bits per heavy atom. The van der Waals surface area contributed by atoms with Crippen LogP contribution < -0.4 is 10.2 Å². The summed E-state index contributed by atoms with van der Waals surface area (Å²) >= 11 is 0. The van der Waals surface area contributed by atoms with Crippen molar-refractivity contribution in [1.82, 2.24) is 4.98 Å². The summed E-state index contributed by atoms with van der Waals surface area (Å²) in [4.78, 5) is 18.0. The van der Waals surface area contributed by atoms with Crippen LogP contribution in [0, 0.1) is 0 Å². The van der Waals surface area contributed by atoms with Crippen molar-refractivity contribution >= 4 is 17.5 Å². The average Bonchev–Trinajstić information content (AvgIpc) is 2.29. The second-order valence-corrected chi connectivity index (χ2v) is 4.44. The molecule has 0 unspecified atom stereocenters. The summed E-state index contributed by atoms with van der Waals surface area (Å²) in [5.74, 6) is 1.09. The Labute approximate surface area is 102 Å². The molecule has 1 amide bonds. The second-order valence-electron chi connectivity index (χ2n) is 4.44. The highest BCUT2D eigenvalue weighted by atomic mass is 16.5. The Hall–Kier alpha value is -1.62. The Morgan fingerprint density at radius 2 is 2.06 bits per heavy atom. The third kappa shape index (κ3) is 3.42. The van der Waals surface area contributed by atoms with Gasteiger partial charge in [-0.15, -0.1) is 0 Å². The third-order valence-corrected chi connectivity index (χ3v) is 2.49. The van der Waals surface area contributed by atoms with Gasteiger partial charge in [0.15, 0.2) is 0 Å². The van der Waals surface area contributed by atoms with Crippen LogP contribution in [0.25, 0.3) is 0 Å². The topological polar surface area (TPSA) is 54.5 Å². The van der Waals surface area contributed by atoms with Gasteiger partial charge in [0, 0.05) is 21.2 Å². The Bertz CT molecular complexity index is 402. The molecule has 94 valence electrons. The Kier molecular flexibility index (Phi) is 4.07. The lowest BCUT2D eigenvalue weighted by Crippen LogP contribution is -2.39. The zero-order valence-corrected chi connectivity index (χ0v) is 10.9. The number of ether oxygens (including phenoxy) is 1. The molecular weight excluding hydrogens is 218 g/mol. The van der Waals surface area contributed by atoms with Crippen LogP contribution in [0.2, 0.25) is 0 Å². The van der Waals surface area contributed by atoms with Gasteiger partial charge in [0.25, 0.3) is 5.91 Å². The van der Waals surface area contributed by atoms with Gasteiger partial charge in [-0.2, -0.15) is 0 Å². The van der Waals surface area contributed by atoms with E-state index in [2.05, 4.69) is 10.3 Å². The lowest BCUT2D eigenvalue weighted by atomic mass is 10.1. The van der Waals surface area contributed by atoms with Crippen LogP contribution in [0.3, 0.4) is 0 Å². The van der Waals surface area contributed by atoms with Crippen molar-refractivity contribution in [2.45, 2.75) is 19.4 Å². The molecular formula is C12H19N3O2. The van der Waals surface area contributed by atoms with E-state index in [4.69, 9.17) is 4.74 Å². The van der Waals surface area contributed by atoms with Gasteiger partial charge in [-0.25, -0.2) is 4.98 Å². The van der Waals surface area contributed by atoms with Gasteiger partial charge in [0.1, 0.15) is 17.2 Å². The number of anilines is 2. The lowest BCUT2D eigenvalue weighted by molar-refractivity contribution is -0.133. The van der Waals surface area contributed by atoms with E-state index in [0.717, 1.165) is 5.82 Å². The smallest absolute Gasteiger partial charge is 0.257 e. The summed E-state index contributed by atoms with van der Waals surface area (Å²) in [5.41, 5.74) is -0.865. The summed E-state index contributed by atoms with van der Waals surface area (Å²) in [6, 6.07) is 5.46. The summed E-state index contributed by atoms with van der Waals surface area (Å²) in [6.45, 7) is 3.41. The maximum absolute atomic E-state index is 11.9. The monoisotopic (exact) mass is 237 g/mol. The molecule has 0 saturated carbocycles. The summed E-state index contributed by atoms with van der Waals surface area (Å²) in [7, 11) is 5.29. The molecule has 0 aliphatic carbocycles. The van der Waals surface area contributed by atoms with E-state index in [1.807, 2.05) is 31.1 Å². The first kappa shape index (κ1) is 13.4. The van der Waals surface area contributed by atoms with E-state index in [1.54, 1.807) is 19.9 Å². The minimum atomic E-state index is -0.865. The number of nitrogens with one attached hydrogen (secondary N) is 1. The molecule has 0 atom stereocenters.